The number of nitrogens with zero attached hydrogens (tertiary/aromatic N) is 1. The predicted octanol–water partition coefficient (Wildman–Crippen LogP) is 12.7. The van der Waals surface area contributed by atoms with Gasteiger partial charge < -0.3 is 18.9 Å². The average molecular weight is 801 g/mol. The molecule has 1 unspecified atom stereocenters. The van der Waals surface area contributed by atoms with Gasteiger partial charge in [-0.25, -0.2) is 4.57 Å². The fraction of sp³-hybridized carbons (Fsp3) is 0.867. The molecule has 9 nitrogen and oxygen atoms in total. The highest BCUT2D eigenvalue weighted by atomic mass is 31.2. The van der Waals surface area contributed by atoms with Gasteiger partial charge in [-0.3, -0.25) is 18.6 Å². The molecule has 0 amide bonds. The molecule has 0 saturated heterocycles. The number of unbranched alkanes of at least 4 members (excludes halogenated alkanes) is 23. The van der Waals surface area contributed by atoms with Crippen LogP contribution in [0.25, 0.3) is 0 Å². The number of quaternary nitrogens is 1. The van der Waals surface area contributed by atoms with Gasteiger partial charge >= 0.3 is 19.8 Å². The Labute approximate surface area is 339 Å². The molecule has 0 aliphatic rings. The van der Waals surface area contributed by atoms with Crippen LogP contribution in [0.15, 0.2) is 24.3 Å². The Morgan fingerprint density at radius 1 is 0.564 bits per heavy atom. The van der Waals surface area contributed by atoms with Crippen LogP contribution in [0.1, 0.15) is 200 Å². The molecule has 1 N–H and O–H groups in total. The summed E-state index contributed by atoms with van der Waals surface area (Å²) in [6.07, 6.45) is 40.7. The fourth-order valence-electron chi connectivity index (χ4n) is 6.16. The van der Waals surface area contributed by atoms with Crippen molar-refractivity contribution in [1.29, 1.82) is 0 Å². The number of carbonyl (C=O) groups excluding carboxylic acids is 2. The number of hydrogen-bond donors (Lipinski definition) is 1. The Bertz CT molecular complexity index is 996. The SMILES string of the molecule is CCCCC/C=C\C/C=C\CCCCCCCC(=O)O[C@H](COC(=O)CCCCCCCCCCCCCCCCCC)COP(=O)(O)OCC[N+](C)(C)C. The van der Waals surface area contributed by atoms with Crippen molar-refractivity contribution in [2.45, 2.75) is 206 Å². The third-order valence-corrected chi connectivity index (χ3v) is 10.7. The molecule has 10 heteroatoms. The van der Waals surface area contributed by atoms with Gasteiger partial charge in [-0.05, 0) is 44.9 Å². The van der Waals surface area contributed by atoms with Gasteiger partial charge in [0, 0.05) is 12.8 Å². The number of hydrogen-bond acceptors (Lipinski definition) is 7. The minimum atomic E-state index is -4.37. The van der Waals surface area contributed by atoms with Crippen LogP contribution < -0.4 is 0 Å². The van der Waals surface area contributed by atoms with E-state index in [9.17, 15) is 19.0 Å². The van der Waals surface area contributed by atoms with Crippen molar-refractivity contribution in [3.05, 3.63) is 24.3 Å². The standard InChI is InChI=1S/C45H86NO8P/c1-6-8-10-12-14-16-18-20-22-24-25-27-29-31-33-35-37-44(47)51-41-43(42-53-55(49,50)52-40-39-46(3,4)5)54-45(48)38-36-34-32-30-28-26-23-21-19-17-15-13-11-9-7-2/h15,17,21,23,43H,6-14,16,18-20,22,24-42H2,1-5H3/p+1/b17-15-,23-21-/t43-/m1/s1. The summed E-state index contributed by atoms with van der Waals surface area (Å²) in [4.78, 5) is 35.4. The molecule has 0 rings (SSSR count). The smallest absolute Gasteiger partial charge is 0.462 e. The number of allylic oxidation sites excluding steroid dienone is 4. The molecule has 0 aromatic carbocycles. The van der Waals surface area contributed by atoms with E-state index >= 15 is 0 Å². The van der Waals surface area contributed by atoms with Gasteiger partial charge in [-0.15, -0.1) is 0 Å². The van der Waals surface area contributed by atoms with Crippen LogP contribution in [0.5, 0.6) is 0 Å². The van der Waals surface area contributed by atoms with Gasteiger partial charge in [0.15, 0.2) is 6.10 Å². The molecule has 55 heavy (non-hydrogen) atoms. The van der Waals surface area contributed by atoms with Crippen LogP contribution >= 0.6 is 7.82 Å². The Morgan fingerprint density at radius 2 is 0.982 bits per heavy atom. The number of ether oxygens (including phenoxy) is 2. The lowest BCUT2D eigenvalue weighted by Crippen LogP contribution is -2.37. The summed E-state index contributed by atoms with van der Waals surface area (Å²) in [6, 6.07) is 0. The molecule has 0 heterocycles. The largest absolute Gasteiger partial charge is 0.472 e. The van der Waals surface area contributed by atoms with E-state index in [-0.39, 0.29) is 25.6 Å². The van der Waals surface area contributed by atoms with Gasteiger partial charge in [0.2, 0.25) is 0 Å². The van der Waals surface area contributed by atoms with E-state index in [4.69, 9.17) is 18.5 Å². The molecule has 0 aliphatic carbocycles. The van der Waals surface area contributed by atoms with Gasteiger partial charge in [0.25, 0.3) is 0 Å². The maximum absolute atomic E-state index is 12.7. The molecule has 0 bridgehead atoms. The zero-order chi connectivity index (χ0) is 40.7. The summed E-state index contributed by atoms with van der Waals surface area (Å²) >= 11 is 0. The van der Waals surface area contributed by atoms with E-state index in [1.165, 1.54) is 109 Å². The van der Waals surface area contributed by atoms with Crippen molar-refractivity contribution in [3.63, 3.8) is 0 Å². The second-order valence-corrected chi connectivity index (χ2v) is 17.9. The summed E-state index contributed by atoms with van der Waals surface area (Å²) in [5, 5.41) is 0. The third-order valence-electron chi connectivity index (χ3n) is 9.73. The third kappa shape index (κ3) is 41.9. The highest BCUT2D eigenvalue weighted by molar-refractivity contribution is 7.47. The summed E-state index contributed by atoms with van der Waals surface area (Å²) in [5.41, 5.74) is 0. The number of carbonyl (C=O) groups is 2. The first-order valence-electron chi connectivity index (χ1n) is 22.6. The Hall–Kier alpha value is -1.51. The Kier molecular flexibility index (Phi) is 37.0. The van der Waals surface area contributed by atoms with Crippen molar-refractivity contribution in [1.82, 2.24) is 0 Å². The van der Waals surface area contributed by atoms with Crippen LogP contribution in [0.2, 0.25) is 0 Å². The molecule has 0 aromatic heterocycles. The molecule has 0 radical (unpaired) electrons. The number of phosphoric ester groups is 1. The van der Waals surface area contributed by atoms with Crippen LogP contribution in [-0.2, 0) is 32.7 Å². The quantitative estimate of drug-likeness (QED) is 0.0214. The molecular formula is C45H87NO8P+. The van der Waals surface area contributed by atoms with Crippen LogP contribution in [0.3, 0.4) is 0 Å². The van der Waals surface area contributed by atoms with E-state index in [1.807, 2.05) is 21.1 Å². The second-order valence-electron chi connectivity index (χ2n) is 16.4. The van der Waals surface area contributed by atoms with Crippen molar-refractivity contribution in [2.24, 2.45) is 0 Å². The van der Waals surface area contributed by atoms with Gasteiger partial charge in [-0.1, -0.05) is 167 Å². The van der Waals surface area contributed by atoms with Crippen molar-refractivity contribution in [2.75, 3.05) is 47.5 Å². The fourth-order valence-corrected chi connectivity index (χ4v) is 6.90. The highest BCUT2D eigenvalue weighted by Gasteiger charge is 2.27. The zero-order valence-electron chi connectivity index (χ0n) is 36.4. The highest BCUT2D eigenvalue weighted by Crippen LogP contribution is 2.43. The summed E-state index contributed by atoms with van der Waals surface area (Å²) in [5.74, 6) is -0.807. The van der Waals surface area contributed by atoms with Crippen molar-refractivity contribution < 1.29 is 42.1 Å². The molecule has 0 aromatic rings. The normalized spacial score (nSPS) is 13.8. The van der Waals surface area contributed by atoms with Crippen LogP contribution in [-0.4, -0.2) is 74.9 Å². The molecule has 0 aliphatic heterocycles. The lowest BCUT2D eigenvalue weighted by Gasteiger charge is -2.24. The predicted molar refractivity (Wildman–Crippen MR) is 229 cm³/mol. The minimum Gasteiger partial charge on any atom is -0.462 e. The van der Waals surface area contributed by atoms with Crippen LogP contribution in [0.4, 0.5) is 0 Å². The molecule has 0 fully saturated rings. The first-order valence-corrected chi connectivity index (χ1v) is 24.1. The molecule has 324 valence electrons. The van der Waals surface area contributed by atoms with Crippen LogP contribution in [0, 0.1) is 0 Å². The summed E-state index contributed by atoms with van der Waals surface area (Å²) < 4.78 is 34.3. The average Bonchev–Trinajstić information content (AvgIpc) is 3.13. The Morgan fingerprint density at radius 3 is 1.47 bits per heavy atom. The maximum atomic E-state index is 12.7. The van der Waals surface area contributed by atoms with Gasteiger partial charge in [0.05, 0.1) is 27.7 Å². The van der Waals surface area contributed by atoms with E-state index in [0.717, 1.165) is 57.8 Å². The first-order chi connectivity index (χ1) is 26.5. The molecular weight excluding hydrogens is 713 g/mol. The lowest BCUT2D eigenvalue weighted by molar-refractivity contribution is -0.870. The maximum Gasteiger partial charge on any atom is 0.472 e. The van der Waals surface area contributed by atoms with E-state index < -0.39 is 26.5 Å². The van der Waals surface area contributed by atoms with E-state index in [1.54, 1.807) is 0 Å². The molecule has 0 spiro atoms. The number of esters is 2. The summed E-state index contributed by atoms with van der Waals surface area (Å²) in [6.45, 7) is 4.40. The van der Waals surface area contributed by atoms with E-state index in [2.05, 4.69) is 38.2 Å². The Balaban J connectivity index is 4.34. The van der Waals surface area contributed by atoms with E-state index in [0.29, 0.717) is 23.9 Å². The summed E-state index contributed by atoms with van der Waals surface area (Å²) in [7, 11) is 1.47. The van der Waals surface area contributed by atoms with Gasteiger partial charge in [-0.2, -0.15) is 0 Å². The van der Waals surface area contributed by atoms with Gasteiger partial charge in [0.1, 0.15) is 19.8 Å². The number of likely N-dealkylation sites (N-methyl/N-ethyl adjacent to an activating group) is 1. The van der Waals surface area contributed by atoms with Crippen molar-refractivity contribution in [3.8, 4) is 0 Å². The number of rotatable bonds is 41. The molecule has 2 atom stereocenters. The second kappa shape index (κ2) is 38.0. The van der Waals surface area contributed by atoms with Crippen molar-refractivity contribution >= 4 is 19.8 Å². The monoisotopic (exact) mass is 801 g/mol. The molecule has 0 saturated carbocycles. The number of phosphoric acid groups is 1. The topological polar surface area (TPSA) is 108 Å². The zero-order valence-corrected chi connectivity index (χ0v) is 37.3. The minimum absolute atomic E-state index is 0.0306. The first kappa shape index (κ1) is 53.5. The lowest BCUT2D eigenvalue weighted by atomic mass is 10.0.